The normalized spacial score (nSPS) is 19.0. The largest absolute Gasteiger partial charge is 0.444 e. The molecule has 1 heterocycles. The predicted octanol–water partition coefficient (Wildman–Crippen LogP) is 3.76. The van der Waals surface area contributed by atoms with Crippen LogP contribution >= 0.6 is 11.6 Å². The third kappa shape index (κ3) is 4.04. The molecule has 0 aromatic heterocycles. The van der Waals surface area contributed by atoms with Gasteiger partial charge in [-0.05, 0) is 39.3 Å². The molecule has 0 radical (unpaired) electrons. The third-order valence-corrected chi connectivity index (χ3v) is 3.40. The number of benzene rings is 1. The molecule has 4 nitrogen and oxygen atoms in total. The van der Waals surface area contributed by atoms with Gasteiger partial charge >= 0.3 is 6.09 Å². The van der Waals surface area contributed by atoms with Crippen molar-refractivity contribution < 1.29 is 9.53 Å². The van der Waals surface area contributed by atoms with Gasteiger partial charge in [-0.2, -0.15) is 0 Å². The van der Waals surface area contributed by atoms with Gasteiger partial charge in [-0.3, -0.25) is 0 Å². The van der Waals surface area contributed by atoms with E-state index in [1.54, 1.807) is 4.90 Å². The van der Waals surface area contributed by atoms with Crippen molar-refractivity contribution >= 4 is 23.4 Å². The number of nitrogens with one attached hydrogen (secondary N) is 1. The zero-order valence-corrected chi connectivity index (χ0v) is 12.9. The van der Waals surface area contributed by atoms with Gasteiger partial charge in [-0.15, -0.1) is 0 Å². The van der Waals surface area contributed by atoms with E-state index in [1.807, 2.05) is 45.0 Å². The summed E-state index contributed by atoms with van der Waals surface area (Å²) in [6.07, 6.45) is 0.644. The van der Waals surface area contributed by atoms with Crippen molar-refractivity contribution in [1.82, 2.24) is 4.90 Å². The first-order valence-electron chi connectivity index (χ1n) is 6.84. The second kappa shape index (κ2) is 5.92. The molecule has 1 unspecified atom stereocenters. The summed E-state index contributed by atoms with van der Waals surface area (Å²) < 4.78 is 5.38. The smallest absolute Gasteiger partial charge is 0.410 e. The van der Waals surface area contributed by atoms with Crippen LogP contribution in [0.5, 0.6) is 0 Å². The Morgan fingerprint density at radius 2 is 2.10 bits per heavy atom. The molecule has 2 rings (SSSR count). The highest BCUT2D eigenvalue weighted by Crippen LogP contribution is 2.24. The van der Waals surface area contributed by atoms with E-state index in [4.69, 9.17) is 16.3 Å². The van der Waals surface area contributed by atoms with Gasteiger partial charge in [0.05, 0.1) is 10.7 Å². The van der Waals surface area contributed by atoms with Crippen molar-refractivity contribution in [3.63, 3.8) is 0 Å². The average Bonchev–Trinajstić information content (AvgIpc) is 2.79. The molecule has 1 fully saturated rings. The molecule has 0 aliphatic carbocycles. The number of hydrogen-bond acceptors (Lipinski definition) is 3. The van der Waals surface area contributed by atoms with E-state index in [1.165, 1.54) is 0 Å². The highest BCUT2D eigenvalue weighted by Gasteiger charge is 2.29. The molecule has 1 aromatic rings. The van der Waals surface area contributed by atoms with Gasteiger partial charge < -0.3 is 15.0 Å². The molecule has 1 amide bonds. The fraction of sp³-hybridized carbons (Fsp3) is 0.533. The van der Waals surface area contributed by atoms with Crippen LogP contribution in [0.3, 0.4) is 0 Å². The number of ether oxygens (including phenoxy) is 1. The van der Waals surface area contributed by atoms with Crippen LogP contribution in [-0.2, 0) is 4.74 Å². The number of halogens is 1. The van der Waals surface area contributed by atoms with Crippen LogP contribution < -0.4 is 5.32 Å². The van der Waals surface area contributed by atoms with Crippen LogP contribution in [0.4, 0.5) is 10.5 Å². The molecule has 1 N–H and O–H groups in total. The molecule has 1 aliphatic rings. The number of nitrogens with zero attached hydrogens (tertiary/aromatic N) is 1. The number of para-hydroxylation sites is 1. The van der Waals surface area contributed by atoms with Gasteiger partial charge in [0.15, 0.2) is 0 Å². The predicted molar refractivity (Wildman–Crippen MR) is 81.3 cm³/mol. The summed E-state index contributed by atoms with van der Waals surface area (Å²) in [5.41, 5.74) is 0.455. The van der Waals surface area contributed by atoms with Gasteiger partial charge in [-0.25, -0.2) is 4.79 Å². The SMILES string of the molecule is CC(C)(C)OC(=O)N1CCC(Nc2ccccc2Cl)C1. The number of rotatable bonds is 2. The van der Waals surface area contributed by atoms with Gasteiger partial charge in [0.1, 0.15) is 5.60 Å². The molecule has 1 saturated heterocycles. The molecular formula is C15H21ClN2O2. The third-order valence-electron chi connectivity index (χ3n) is 3.07. The first kappa shape index (κ1) is 15.0. The minimum absolute atomic E-state index is 0.211. The Hall–Kier alpha value is -1.42. The van der Waals surface area contributed by atoms with Gasteiger partial charge in [0, 0.05) is 19.1 Å². The molecule has 110 valence electrons. The fourth-order valence-electron chi connectivity index (χ4n) is 2.17. The lowest BCUT2D eigenvalue weighted by atomic mass is 10.2. The van der Waals surface area contributed by atoms with Crippen LogP contribution in [0.1, 0.15) is 27.2 Å². The first-order valence-corrected chi connectivity index (χ1v) is 7.22. The van der Waals surface area contributed by atoms with Crippen molar-refractivity contribution in [2.75, 3.05) is 18.4 Å². The monoisotopic (exact) mass is 296 g/mol. The molecule has 20 heavy (non-hydrogen) atoms. The Bertz CT molecular complexity index is 485. The quantitative estimate of drug-likeness (QED) is 0.903. The Morgan fingerprint density at radius 1 is 1.40 bits per heavy atom. The number of anilines is 1. The lowest BCUT2D eigenvalue weighted by molar-refractivity contribution is 0.0293. The van der Waals surface area contributed by atoms with Crippen LogP contribution in [-0.4, -0.2) is 35.7 Å². The highest BCUT2D eigenvalue weighted by molar-refractivity contribution is 6.33. The van der Waals surface area contributed by atoms with Gasteiger partial charge in [0.2, 0.25) is 0 Å². The second-order valence-corrected chi connectivity index (χ2v) is 6.44. The zero-order chi connectivity index (χ0) is 14.8. The minimum Gasteiger partial charge on any atom is -0.444 e. The van der Waals surface area contributed by atoms with Crippen molar-refractivity contribution in [1.29, 1.82) is 0 Å². The number of amides is 1. The van der Waals surface area contributed by atoms with E-state index in [2.05, 4.69) is 5.32 Å². The molecule has 5 heteroatoms. The van der Waals surface area contributed by atoms with Crippen molar-refractivity contribution in [2.45, 2.75) is 38.8 Å². The van der Waals surface area contributed by atoms with E-state index >= 15 is 0 Å². The maximum Gasteiger partial charge on any atom is 0.410 e. The van der Waals surface area contributed by atoms with E-state index in [9.17, 15) is 4.79 Å². The summed E-state index contributed by atoms with van der Waals surface area (Å²) in [7, 11) is 0. The molecule has 0 bridgehead atoms. The van der Waals surface area contributed by atoms with Crippen molar-refractivity contribution in [3.05, 3.63) is 29.3 Å². The summed E-state index contributed by atoms with van der Waals surface area (Å²) >= 11 is 6.12. The van der Waals surface area contributed by atoms with Crippen LogP contribution in [0.15, 0.2) is 24.3 Å². The molecule has 1 aliphatic heterocycles. The minimum atomic E-state index is -0.453. The number of carbonyl (C=O) groups is 1. The maximum atomic E-state index is 12.0. The topological polar surface area (TPSA) is 41.6 Å². The van der Waals surface area contributed by atoms with E-state index in [0.717, 1.165) is 12.1 Å². The lowest BCUT2D eigenvalue weighted by Crippen LogP contribution is -2.36. The molecular weight excluding hydrogens is 276 g/mol. The van der Waals surface area contributed by atoms with E-state index in [-0.39, 0.29) is 12.1 Å². The number of hydrogen-bond donors (Lipinski definition) is 1. The average molecular weight is 297 g/mol. The Kier molecular flexibility index (Phi) is 4.43. The summed E-state index contributed by atoms with van der Waals surface area (Å²) in [4.78, 5) is 13.7. The first-order chi connectivity index (χ1) is 9.35. The molecule has 0 saturated carbocycles. The summed E-state index contributed by atoms with van der Waals surface area (Å²) in [6, 6.07) is 7.84. The number of carbonyl (C=O) groups excluding carboxylic acids is 1. The summed E-state index contributed by atoms with van der Waals surface area (Å²) in [5, 5.41) is 4.07. The molecule has 0 spiro atoms. The highest BCUT2D eigenvalue weighted by atomic mass is 35.5. The number of likely N-dealkylation sites (tertiary alicyclic amines) is 1. The zero-order valence-electron chi connectivity index (χ0n) is 12.1. The molecule has 1 atom stereocenters. The van der Waals surface area contributed by atoms with Crippen LogP contribution in [0.25, 0.3) is 0 Å². The van der Waals surface area contributed by atoms with Gasteiger partial charge in [0.25, 0.3) is 0 Å². The Labute approximate surface area is 125 Å². The van der Waals surface area contributed by atoms with Crippen LogP contribution in [0.2, 0.25) is 5.02 Å². The summed E-state index contributed by atoms with van der Waals surface area (Å²) in [5.74, 6) is 0. The Balaban J connectivity index is 1.90. The lowest BCUT2D eigenvalue weighted by Gasteiger charge is -2.24. The molecule has 1 aromatic carbocycles. The maximum absolute atomic E-state index is 12.0. The van der Waals surface area contributed by atoms with Crippen LogP contribution in [0, 0.1) is 0 Å². The Morgan fingerprint density at radius 3 is 2.75 bits per heavy atom. The van der Waals surface area contributed by atoms with E-state index < -0.39 is 5.60 Å². The summed E-state index contributed by atoms with van der Waals surface area (Å²) in [6.45, 7) is 6.97. The standard InChI is InChI=1S/C15H21ClN2O2/c1-15(2,3)20-14(19)18-9-8-11(10-18)17-13-7-5-4-6-12(13)16/h4-7,11,17H,8-10H2,1-3H3. The van der Waals surface area contributed by atoms with E-state index in [0.29, 0.717) is 18.1 Å². The van der Waals surface area contributed by atoms with Crippen molar-refractivity contribution in [3.8, 4) is 0 Å². The van der Waals surface area contributed by atoms with Gasteiger partial charge in [-0.1, -0.05) is 23.7 Å². The van der Waals surface area contributed by atoms with Crippen molar-refractivity contribution in [2.24, 2.45) is 0 Å². The second-order valence-electron chi connectivity index (χ2n) is 6.04. The fourth-order valence-corrected chi connectivity index (χ4v) is 2.36.